The Morgan fingerprint density at radius 2 is 2.33 bits per heavy atom. The van der Waals surface area contributed by atoms with E-state index in [1.807, 2.05) is 19.1 Å². The quantitative estimate of drug-likeness (QED) is 0.866. The minimum atomic E-state index is 0.146. The van der Waals surface area contributed by atoms with Gasteiger partial charge in [-0.2, -0.15) is 0 Å². The number of aryl methyl sites for hydroxylation is 1. The summed E-state index contributed by atoms with van der Waals surface area (Å²) < 4.78 is 1.06. The van der Waals surface area contributed by atoms with Crippen molar-refractivity contribution >= 4 is 21.7 Å². The van der Waals surface area contributed by atoms with Crippen molar-refractivity contribution in [2.24, 2.45) is 0 Å². The number of nitrogens with zero attached hydrogens (tertiary/aromatic N) is 1. The SMILES string of the molecule is Cc1nc(NC2(C)CCNC2)ccc1Br. The topological polar surface area (TPSA) is 37.0 Å². The average molecular weight is 270 g/mol. The number of pyridine rings is 1. The summed E-state index contributed by atoms with van der Waals surface area (Å²) in [6.45, 7) is 6.32. The zero-order valence-corrected chi connectivity index (χ0v) is 10.7. The Labute approximate surface area is 98.8 Å². The van der Waals surface area contributed by atoms with Gasteiger partial charge < -0.3 is 10.6 Å². The fraction of sp³-hybridized carbons (Fsp3) is 0.545. The van der Waals surface area contributed by atoms with E-state index in [1.165, 1.54) is 0 Å². The highest BCUT2D eigenvalue weighted by atomic mass is 79.9. The molecule has 4 heteroatoms. The van der Waals surface area contributed by atoms with Gasteiger partial charge in [0.15, 0.2) is 0 Å². The molecule has 1 saturated heterocycles. The largest absolute Gasteiger partial charge is 0.364 e. The van der Waals surface area contributed by atoms with E-state index in [2.05, 4.69) is 38.5 Å². The Hall–Kier alpha value is -0.610. The van der Waals surface area contributed by atoms with Crippen molar-refractivity contribution < 1.29 is 0 Å². The second-order valence-corrected chi connectivity index (χ2v) is 5.23. The summed E-state index contributed by atoms with van der Waals surface area (Å²) in [5.41, 5.74) is 1.17. The lowest BCUT2D eigenvalue weighted by molar-refractivity contribution is 0.564. The highest BCUT2D eigenvalue weighted by Gasteiger charge is 2.28. The van der Waals surface area contributed by atoms with Gasteiger partial charge in [0.1, 0.15) is 5.82 Å². The molecule has 1 aliphatic heterocycles. The summed E-state index contributed by atoms with van der Waals surface area (Å²) in [6.07, 6.45) is 1.14. The second kappa shape index (κ2) is 4.10. The smallest absolute Gasteiger partial charge is 0.126 e. The number of halogens is 1. The van der Waals surface area contributed by atoms with Crippen molar-refractivity contribution in [3.8, 4) is 0 Å². The number of rotatable bonds is 2. The zero-order valence-electron chi connectivity index (χ0n) is 9.10. The van der Waals surface area contributed by atoms with Crippen LogP contribution in [0.4, 0.5) is 5.82 Å². The molecular weight excluding hydrogens is 254 g/mol. The van der Waals surface area contributed by atoms with E-state index < -0.39 is 0 Å². The lowest BCUT2D eigenvalue weighted by Gasteiger charge is -2.25. The highest BCUT2D eigenvalue weighted by Crippen LogP contribution is 2.22. The Bertz CT molecular complexity index is 359. The van der Waals surface area contributed by atoms with E-state index in [1.54, 1.807) is 0 Å². The Balaban J connectivity index is 2.13. The normalized spacial score (nSPS) is 25.5. The van der Waals surface area contributed by atoms with E-state index in [0.717, 1.165) is 35.5 Å². The molecule has 1 aromatic rings. The van der Waals surface area contributed by atoms with Crippen LogP contribution in [0.1, 0.15) is 19.0 Å². The van der Waals surface area contributed by atoms with Crippen LogP contribution in [-0.2, 0) is 0 Å². The summed E-state index contributed by atoms with van der Waals surface area (Å²) in [5.74, 6) is 0.960. The van der Waals surface area contributed by atoms with Crippen LogP contribution in [0.25, 0.3) is 0 Å². The molecule has 1 aliphatic rings. The van der Waals surface area contributed by atoms with Crippen LogP contribution in [0, 0.1) is 6.92 Å². The second-order valence-electron chi connectivity index (χ2n) is 4.38. The molecular formula is C11H16BrN3. The van der Waals surface area contributed by atoms with Gasteiger partial charge in [-0.1, -0.05) is 0 Å². The van der Waals surface area contributed by atoms with Crippen molar-refractivity contribution in [3.63, 3.8) is 0 Å². The lowest BCUT2D eigenvalue weighted by atomic mass is 10.0. The molecule has 0 amide bonds. The molecule has 1 unspecified atom stereocenters. The van der Waals surface area contributed by atoms with Crippen LogP contribution in [0.3, 0.4) is 0 Å². The highest BCUT2D eigenvalue weighted by molar-refractivity contribution is 9.10. The van der Waals surface area contributed by atoms with Gasteiger partial charge in [0.25, 0.3) is 0 Å². The maximum atomic E-state index is 4.50. The third-order valence-corrected chi connectivity index (χ3v) is 3.66. The van der Waals surface area contributed by atoms with Gasteiger partial charge in [0, 0.05) is 16.6 Å². The first-order valence-corrected chi connectivity index (χ1v) is 6.00. The summed E-state index contributed by atoms with van der Waals surface area (Å²) in [4.78, 5) is 4.50. The molecule has 82 valence electrons. The van der Waals surface area contributed by atoms with Crippen molar-refractivity contribution in [2.45, 2.75) is 25.8 Å². The third kappa shape index (κ3) is 2.49. The van der Waals surface area contributed by atoms with Crippen LogP contribution >= 0.6 is 15.9 Å². The van der Waals surface area contributed by atoms with Crippen LogP contribution < -0.4 is 10.6 Å². The molecule has 0 bridgehead atoms. The maximum Gasteiger partial charge on any atom is 0.126 e. The third-order valence-electron chi connectivity index (χ3n) is 2.82. The van der Waals surface area contributed by atoms with E-state index in [0.29, 0.717) is 0 Å². The Morgan fingerprint density at radius 1 is 1.53 bits per heavy atom. The number of nitrogens with one attached hydrogen (secondary N) is 2. The van der Waals surface area contributed by atoms with Gasteiger partial charge in [-0.05, 0) is 54.9 Å². The van der Waals surface area contributed by atoms with E-state index in [9.17, 15) is 0 Å². The molecule has 0 spiro atoms. The molecule has 0 radical (unpaired) electrons. The molecule has 0 aliphatic carbocycles. The molecule has 1 fully saturated rings. The first-order chi connectivity index (χ1) is 7.09. The number of anilines is 1. The number of hydrogen-bond donors (Lipinski definition) is 2. The first-order valence-electron chi connectivity index (χ1n) is 5.21. The lowest BCUT2D eigenvalue weighted by Crippen LogP contribution is -2.37. The van der Waals surface area contributed by atoms with Crippen LogP contribution in [0.5, 0.6) is 0 Å². The minimum Gasteiger partial charge on any atom is -0.364 e. The molecule has 2 N–H and O–H groups in total. The van der Waals surface area contributed by atoms with Crippen LogP contribution in [-0.4, -0.2) is 23.6 Å². The van der Waals surface area contributed by atoms with Gasteiger partial charge in [-0.25, -0.2) is 4.98 Å². The minimum absolute atomic E-state index is 0.146. The van der Waals surface area contributed by atoms with Crippen molar-refractivity contribution in [1.82, 2.24) is 10.3 Å². The van der Waals surface area contributed by atoms with Crippen molar-refractivity contribution in [3.05, 3.63) is 22.3 Å². The molecule has 0 aromatic carbocycles. The molecule has 15 heavy (non-hydrogen) atoms. The Morgan fingerprint density at radius 3 is 2.93 bits per heavy atom. The fourth-order valence-electron chi connectivity index (χ4n) is 1.85. The maximum absolute atomic E-state index is 4.50. The molecule has 1 aromatic heterocycles. The predicted octanol–water partition coefficient (Wildman–Crippen LogP) is 2.32. The number of hydrogen-bond acceptors (Lipinski definition) is 3. The van der Waals surface area contributed by atoms with E-state index in [4.69, 9.17) is 0 Å². The molecule has 3 nitrogen and oxygen atoms in total. The van der Waals surface area contributed by atoms with Crippen molar-refractivity contribution in [2.75, 3.05) is 18.4 Å². The first kappa shape index (κ1) is 10.9. The summed E-state index contributed by atoms with van der Waals surface area (Å²) in [5, 5.41) is 6.85. The summed E-state index contributed by atoms with van der Waals surface area (Å²) in [6, 6.07) is 4.05. The van der Waals surface area contributed by atoms with Gasteiger partial charge in [0.2, 0.25) is 0 Å². The standard InChI is InChI=1S/C11H16BrN3/c1-8-9(12)3-4-10(14-8)15-11(2)5-6-13-7-11/h3-4,13H,5-7H2,1-2H3,(H,14,15). The van der Waals surface area contributed by atoms with Gasteiger partial charge in [-0.3, -0.25) is 0 Å². The molecule has 2 rings (SSSR count). The van der Waals surface area contributed by atoms with E-state index >= 15 is 0 Å². The Kier molecular flexibility index (Phi) is 2.98. The van der Waals surface area contributed by atoms with Gasteiger partial charge >= 0.3 is 0 Å². The molecule has 0 saturated carbocycles. The predicted molar refractivity (Wildman–Crippen MR) is 66.2 cm³/mol. The molecule has 1 atom stereocenters. The van der Waals surface area contributed by atoms with Gasteiger partial charge in [-0.15, -0.1) is 0 Å². The van der Waals surface area contributed by atoms with Crippen LogP contribution in [0.2, 0.25) is 0 Å². The monoisotopic (exact) mass is 269 g/mol. The fourth-order valence-corrected chi connectivity index (χ4v) is 2.07. The molecule has 2 heterocycles. The summed E-state index contributed by atoms with van der Waals surface area (Å²) >= 11 is 3.45. The van der Waals surface area contributed by atoms with Crippen molar-refractivity contribution in [1.29, 1.82) is 0 Å². The van der Waals surface area contributed by atoms with E-state index in [-0.39, 0.29) is 5.54 Å². The zero-order chi connectivity index (χ0) is 10.9. The van der Waals surface area contributed by atoms with Gasteiger partial charge in [0.05, 0.1) is 5.69 Å². The average Bonchev–Trinajstić information content (AvgIpc) is 2.59. The number of aromatic nitrogens is 1. The van der Waals surface area contributed by atoms with Crippen LogP contribution in [0.15, 0.2) is 16.6 Å². The summed E-state index contributed by atoms with van der Waals surface area (Å²) in [7, 11) is 0.